The van der Waals surface area contributed by atoms with E-state index in [2.05, 4.69) is 20.1 Å². The summed E-state index contributed by atoms with van der Waals surface area (Å²) >= 11 is 0. The molecule has 0 aromatic carbocycles. The van der Waals surface area contributed by atoms with Crippen molar-refractivity contribution in [3.05, 3.63) is 23.9 Å². The molecule has 0 saturated carbocycles. The molecule has 1 N–H and O–H groups in total. The first-order chi connectivity index (χ1) is 8.60. The largest absolute Gasteiger partial charge is 0.459 e. The molecule has 2 aromatic heterocycles. The highest BCUT2D eigenvalue weighted by Crippen LogP contribution is 2.06. The molecular formula is C11H12N4O3. The van der Waals surface area contributed by atoms with Crippen LogP contribution in [0.1, 0.15) is 12.5 Å². The third-order valence-electron chi connectivity index (χ3n) is 2.17. The molecule has 0 fully saturated rings. The van der Waals surface area contributed by atoms with Crippen molar-refractivity contribution in [1.82, 2.24) is 14.6 Å². The van der Waals surface area contributed by atoms with Crippen LogP contribution in [0.4, 0.5) is 5.95 Å². The highest BCUT2D eigenvalue weighted by atomic mass is 16.5. The van der Waals surface area contributed by atoms with Crippen molar-refractivity contribution in [2.24, 2.45) is 0 Å². The zero-order chi connectivity index (χ0) is 13.1. The zero-order valence-electron chi connectivity index (χ0n) is 10.0. The number of amides is 1. The molecule has 2 heterocycles. The van der Waals surface area contributed by atoms with Gasteiger partial charge in [-0.15, -0.1) is 5.10 Å². The molecule has 0 aliphatic heterocycles. The van der Waals surface area contributed by atoms with E-state index in [1.165, 1.54) is 4.52 Å². The van der Waals surface area contributed by atoms with Gasteiger partial charge in [-0.3, -0.25) is 10.1 Å². The lowest BCUT2D eigenvalue weighted by Gasteiger charge is -1.99. The van der Waals surface area contributed by atoms with Crippen LogP contribution in [-0.2, 0) is 14.3 Å². The van der Waals surface area contributed by atoms with Crippen molar-refractivity contribution >= 4 is 23.5 Å². The molecule has 18 heavy (non-hydrogen) atoms. The van der Waals surface area contributed by atoms with Crippen LogP contribution >= 0.6 is 0 Å². The van der Waals surface area contributed by atoms with Crippen molar-refractivity contribution in [3.8, 4) is 0 Å². The lowest BCUT2D eigenvalue weighted by molar-refractivity contribution is -0.152. The van der Waals surface area contributed by atoms with Crippen molar-refractivity contribution in [3.63, 3.8) is 0 Å². The smallest absolute Gasteiger partial charge is 0.397 e. The highest BCUT2D eigenvalue weighted by Gasteiger charge is 2.17. The molecule has 0 saturated heterocycles. The fourth-order valence-electron chi connectivity index (χ4n) is 1.39. The standard InChI is InChI=1S/C11H12N4O3/c1-3-18-10(17)9(16)13-11-12-8-5-4-7(2)6-15(8)14-11/h4-6H,3H2,1-2H3,(H,13,14,16). The van der Waals surface area contributed by atoms with Gasteiger partial charge in [0.1, 0.15) is 0 Å². The molecule has 0 unspecified atom stereocenters. The minimum atomic E-state index is -0.951. The number of hydrogen-bond acceptors (Lipinski definition) is 5. The molecule has 0 bridgehead atoms. The van der Waals surface area contributed by atoms with Gasteiger partial charge in [-0.1, -0.05) is 6.07 Å². The van der Waals surface area contributed by atoms with Gasteiger partial charge in [-0.25, -0.2) is 9.31 Å². The first-order valence-electron chi connectivity index (χ1n) is 5.41. The Bertz CT molecular complexity index is 605. The first kappa shape index (κ1) is 12.0. The van der Waals surface area contributed by atoms with Gasteiger partial charge in [0, 0.05) is 6.20 Å². The summed E-state index contributed by atoms with van der Waals surface area (Å²) in [6, 6.07) is 3.64. The van der Waals surface area contributed by atoms with E-state index in [9.17, 15) is 9.59 Å². The molecule has 2 aromatic rings. The van der Waals surface area contributed by atoms with Crippen LogP contribution in [0.2, 0.25) is 0 Å². The summed E-state index contributed by atoms with van der Waals surface area (Å²) in [5.74, 6) is -1.77. The summed E-state index contributed by atoms with van der Waals surface area (Å²) in [6.07, 6.45) is 1.77. The number of hydrogen-bond donors (Lipinski definition) is 1. The van der Waals surface area contributed by atoms with E-state index in [-0.39, 0.29) is 12.6 Å². The molecule has 94 valence electrons. The van der Waals surface area contributed by atoms with Crippen molar-refractivity contribution in [2.45, 2.75) is 13.8 Å². The molecule has 7 nitrogen and oxygen atoms in total. The fraction of sp³-hybridized carbons (Fsp3) is 0.273. The van der Waals surface area contributed by atoms with Crippen molar-refractivity contribution in [2.75, 3.05) is 11.9 Å². The van der Waals surface area contributed by atoms with E-state index >= 15 is 0 Å². The van der Waals surface area contributed by atoms with Crippen LogP contribution in [0.5, 0.6) is 0 Å². The van der Waals surface area contributed by atoms with Gasteiger partial charge in [-0.05, 0) is 25.5 Å². The molecule has 2 rings (SSSR count). The number of anilines is 1. The Morgan fingerprint density at radius 1 is 1.44 bits per heavy atom. The molecule has 0 atom stereocenters. The minimum Gasteiger partial charge on any atom is -0.459 e. The van der Waals surface area contributed by atoms with Crippen LogP contribution in [0.15, 0.2) is 18.3 Å². The normalized spacial score (nSPS) is 10.3. The van der Waals surface area contributed by atoms with E-state index in [1.807, 2.05) is 13.0 Å². The molecule has 1 amide bonds. The Hall–Kier alpha value is -2.44. The molecule has 0 spiro atoms. The molecule has 0 aliphatic rings. The van der Waals surface area contributed by atoms with Gasteiger partial charge in [-0.2, -0.15) is 4.98 Å². The van der Waals surface area contributed by atoms with E-state index in [1.54, 1.807) is 19.2 Å². The van der Waals surface area contributed by atoms with Gasteiger partial charge in [0.15, 0.2) is 5.65 Å². The molecule has 0 aliphatic carbocycles. The summed E-state index contributed by atoms with van der Waals surface area (Å²) in [6.45, 7) is 3.68. The number of nitrogens with zero attached hydrogens (tertiary/aromatic N) is 3. The maximum atomic E-state index is 11.4. The summed E-state index contributed by atoms with van der Waals surface area (Å²) in [5, 5.41) is 6.30. The Labute approximate surface area is 103 Å². The average molecular weight is 248 g/mol. The molecular weight excluding hydrogens is 236 g/mol. The number of pyridine rings is 1. The summed E-state index contributed by atoms with van der Waals surface area (Å²) in [7, 11) is 0. The van der Waals surface area contributed by atoms with E-state index < -0.39 is 11.9 Å². The van der Waals surface area contributed by atoms with Gasteiger partial charge < -0.3 is 4.74 Å². The van der Waals surface area contributed by atoms with E-state index in [0.717, 1.165) is 5.56 Å². The van der Waals surface area contributed by atoms with Gasteiger partial charge in [0.25, 0.3) is 0 Å². The number of esters is 1. The lowest BCUT2D eigenvalue weighted by atomic mass is 10.3. The van der Waals surface area contributed by atoms with Crippen LogP contribution < -0.4 is 5.32 Å². The SMILES string of the molecule is CCOC(=O)C(=O)Nc1nc2ccc(C)cn2n1. The summed E-state index contributed by atoms with van der Waals surface area (Å²) in [5.41, 5.74) is 1.59. The number of rotatable bonds is 2. The van der Waals surface area contributed by atoms with Crippen molar-refractivity contribution in [1.29, 1.82) is 0 Å². The number of aryl methyl sites for hydroxylation is 1. The second-order valence-electron chi connectivity index (χ2n) is 3.62. The maximum absolute atomic E-state index is 11.4. The van der Waals surface area contributed by atoms with Gasteiger partial charge >= 0.3 is 11.9 Å². The van der Waals surface area contributed by atoms with Crippen molar-refractivity contribution < 1.29 is 14.3 Å². The molecule has 0 radical (unpaired) electrons. The predicted molar refractivity (Wildman–Crippen MR) is 63.0 cm³/mol. The second-order valence-corrected chi connectivity index (χ2v) is 3.62. The van der Waals surface area contributed by atoms with Gasteiger partial charge in [0.05, 0.1) is 6.61 Å². The average Bonchev–Trinajstić information content (AvgIpc) is 2.70. The topological polar surface area (TPSA) is 85.6 Å². The second kappa shape index (κ2) is 4.82. The first-order valence-corrected chi connectivity index (χ1v) is 5.41. The summed E-state index contributed by atoms with van der Waals surface area (Å²) < 4.78 is 6.08. The third-order valence-corrected chi connectivity index (χ3v) is 2.17. The Morgan fingerprint density at radius 2 is 2.22 bits per heavy atom. The number of ether oxygens (including phenoxy) is 1. The number of carbonyl (C=O) groups is 2. The van der Waals surface area contributed by atoms with Crippen LogP contribution in [0.3, 0.4) is 0 Å². The minimum absolute atomic E-state index is 0.0682. The fourth-order valence-corrected chi connectivity index (χ4v) is 1.39. The quantitative estimate of drug-likeness (QED) is 0.619. The predicted octanol–water partition coefficient (Wildman–Crippen LogP) is 0.539. The Kier molecular flexibility index (Phi) is 3.22. The monoisotopic (exact) mass is 248 g/mol. The number of aromatic nitrogens is 3. The number of fused-ring (bicyclic) bond motifs is 1. The Balaban J connectivity index is 2.17. The highest BCUT2D eigenvalue weighted by molar-refractivity contribution is 6.37. The lowest BCUT2D eigenvalue weighted by Crippen LogP contribution is -2.25. The molecule has 7 heteroatoms. The number of carbonyl (C=O) groups excluding carboxylic acids is 2. The van der Waals surface area contributed by atoms with Gasteiger partial charge in [0.2, 0.25) is 5.95 Å². The zero-order valence-corrected chi connectivity index (χ0v) is 10.0. The van der Waals surface area contributed by atoms with E-state index in [4.69, 9.17) is 0 Å². The third kappa shape index (κ3) is 2.45. The van der Waals surface area contributed by atoms with Crippen LogP contribution in [0.25, 0.3) is 5.65 Å². The maximum Gasteiger partial charge on any atom is 0.397 e. The van der Waals surface area contributed by atoms with Crippen LogP contribution in [0, 0.1) is 6.92 Å². The summed E-state index contributed by atoms with van der Waals surface area (Å²) in [4.78, 5) is 26.5. The Morgan fingerprint density at radius 3 is 2.94 bits per heavy atom. The number of nitrogens with one attached hydrogen (secondary N) is 1. The van der Waals surface area contributed by atoms with E-state index in [0.29, 0.717) is 5.65 Å². The van der Waals surface area contributed by atoms with Crippen LogP contribution in [-0.4, -0.2) is 33.1 Å².